The molecular weight excluding hydrogens is 214 g/mol. The van der Waals surface area contributed by atoms with Crippen molar-refractivity contribution in [3.8, 4) is 0 Å². The molecule has 2 unspecified atom stereocenters. The van der Waals surface area contributed by atoms with Gasteiger partial charge < -0.3 is 10.0 Å². The second kappa shape index (κ2) is 3.47. The van der Waals surface area contributed by atoms with Crippen LogP contribution in [0.25, 0.3) is 0 Å². The van der Waals surface area contributed by atoms with Crippen LogP contribution in [0.15, 0.2) is 0 Å². The summed E-state index contributed by atoms with van der Waals surface area (Å²) >= 11 is 0. The van der Waals surface area contributed by atoms with Crippen molar-refractivity contribution >= 4 is 5.91 Å². The molecule has 3 heteroatoms. The van der Waals surface area contributed by atoms with Gasteiger partial charge in [-0.1, -0.05) is 26.7 Å². The van der Waals surface area contributed by atoms with Crippen LogP contribution in [0.2, 0.25) is 0 Å². The highest BCUT2D eigenvalue weighted by molar-refractivity contribution is 5.78. The minimum atomic E-state index is -0.681. The second-order valence-corrected chi connectivity index (χ2v) is 6.94. The van der Waals surface area contributed by atoms with Gasteiger partial charge in [0.25, 0.3) is 0 Å². The van der Waals surface area contributed by atoms with E-state index in [4.69, 9.17) is 0 Å². The first-order chi connectivity index (χ1) is 7.92. The van der Waals surface area contributed by atoms with E-state index in [0.29, 0.717) is 23.7 Å². The van der Waals surface area contributed by atoms with E-state index in [0.717, 1.165) is 38.8 Å². The Morgan fingerprint density at radius 2 is 1.76 bits per heavy atom. The highest BCUT2D eigenvalue weighted by Crippen LogP contribution is 2.62. The number of carbonyl (C=O) groups excluding carboxylic acids is 1. The average molecular weight is 237 g/mol. The molecule has 0 aromatic carbocycles. The van der Waals surface area contributed by atoms with E-state index in [2.05, 4.69) is 13.8 Å². The summed E-state index contributed by atoms with van der Waals surface area (Å²) in [6.07, 6.45) is 4.12. The zero-order valence-corrected chi connectivity index (χ0v) is 10.9. The molecule has 3 aliphatic rings. The predicted octanol–water partition coefficient (Wildman–Crippen LogP) is 1.80. The quantitative estimate of drug-likeness (QED) is 0.795. The zero-order chi connectivity index (χ0) is 12.3. The Bertz CT molecular complexity index is 330. The Hall–Kier alpha value is -0.570. The molecule has 1 N–H and O–H groups in total. The Kier molecular flexibility index (Phi) is 2.35. The van der Waals surface area contributed by atoms with Crippen LogP contribution in [-0.2, 0) is 4.79 Å². The van der Waals surface area contributed by atoms with E-state index in [9.17, 15) is 9.90 Å². The van der Waals surface area contributed by atoms with E-state index >= 15 is 0 Å². The number of hydrogen-bond donors (Lipinski definition) is 1. The Labute approximate surface area is 103 Å². The normalized spacial score (nSPS) is 37.0. The highest BCUT2D eigenvalue weighted by atomic mass is 16.3. The summed E-state index contributed by atoms with van der Waals surface area (Å²) in [7, 11) is 0. The van der Waals surface area contributed by atoms with Gasteiger partial charge in [-0.05, 0) is 30.1 Å². The summed E-state index contributed by atoms with van der Waals surface area (Å²) in [6.45, 7) is 6.45. The van der Waals surface area contributed by atoms with Gasteiger partial charge in [-0.3, -0.25) is 4.79 Å². The summed E-state index contributed by atoms with van der Waals surface area (Å²) in [5, 5.41) is 10.3. The monoisotopic (exact) mass is 237 g/mol. The Balaban J connectivity index is 1.55. The fourth-order valence-electron chi connectivity index (χ4n) is 3.94. The fraction of sp³-hybridized carbons (Fsp3) is 0.929. The molecule has 1 aliphatic heterocycles. The van der Waals surface area contributed by atoms with Crippen LogP contribution in [0.1, 0.15) is 46.0 Å². The molecule has 3 rings (SSSR count). The van der Waals surface area contributed by atoms with Crippen LogP contribution < -0.4 is 0 Å². The zero-order valence-electron chi connectivity index (χ0n) is 10.9. The van der Waals surface area contributed by atoms with Gasteiger partial charge in [-0.25, -0.2) is 0 Å². The molecule has 1 heterocycles. The SMILES string of the molecule is CC1(C)C2CN(C(=O)CC3(O)CCCC3)CC21. The van der Waals surface area contributed by atoms with E-state index in [-0.39, 0.29) is 5.91 Å². The highest BCUT2D eigenvalue weighted by Gasteiger charge is 2.62. The first-order valence-electron chi connectivity index (χ1n) is 6.93. The molecule has 1 amide bonds. The summed E-state index contributed by atoms with van der Waals surface area (Å²) in [5.74, 6) is 1.60. The number of amides is 1. The molecule has 1 saturated heterocycles. The van der Waals surface area contributed by atoms with Gasteiger partial charge in [0.1, 0.15) is 0 Å². The van der Waals surface area contributed by atoms with Crippen LogP contribution in [0.4, 0.5) is 0 Å². The first-order valence-corrected chi connectivity index (χ1v) is 6.93. The van der Waals surface area contributed by atoms with Gasteiger partial charge in [-0.15, -0.1) is 0 Å². The number of hydrogen-bond acceptors (Lipinski definition) is 2. The molecule has 0 radical (unpaired) electrons. The number of likely N-dealkylation sites (tertiary alicyclic amines) is 1. The van der Waals surface area contributed by atoms with Gasteiger partial charge in [0.05, 0.1) is 12.0 Å². The molecule has 0 spiro atoms. The number of carbonyl (C=O) groups is 1. The van der Waals surface area contributed by atoms with Crippen molar-refractivity contribution in [1.29, 1.82) is 0 Å². The fourth-order valence-corrected chi connectivity index (χ4v) is 3.94. The van der Waals surface area contributed by atoms with Crippen molar-refractivity contribution in [2.45, 2.75) is 51.6 Å². The number of fused-ring (bicyclic) bond motifs is 1. The Morgan fingerprint density at radius 3 is 2.29 bits per heavy atom. The molecule has 3 nitrogen and oxygen atoms in total. The first kappa shape index (κ1) is 11.5. The lowest BCUT2D eigenvalue weighted by Crippen LogP contribution is -2.38. The number of aliphatic hydroxyl groups is 1. The summed E-state index contributed by atoms with van der Waals surface area (Å²) in [6, 6.07) is 0. The lowest BCUT2D eigenvalue weighted by atomic mass is 9.97. The molecule has 17 heavy (non-hydrogen) atoms. The number of piperidine rings is 1. The molecule has 0 aromatic heterocycles. The van der Waals surface area contributed by atoms with E-state index in [1.807, 2.05) is 4.90 Å². The average Bonchev–Trinajstić information content (AvgIpc) is 2.70. The van der Waals surface area contributed by atoms with Gasteiger partial charge in [0.15, 0.2) is 0 Å². The second-order valence-electron chi connectivity index (χ2n) is 6.94. The van der Waals surface area contributed by atoms with Crippen molar-refractivity contribution in [2.75, 3.05) is 13.1 Å². The van der Waals surface area contributed by atoms with Crippen molar-refractivity contribution in [2.24, 2.45) is 17.3 Å². The van der Waals surface area contributed by atoms with Crippen LogP contribution in [0.3, 0.4) is 0 Å². The van der Waals surface area contributed by atoms with Gasteiger partial charge >= 0.3 is 0 Å². The third-order valence-electron chi connectivity index (χ3n) is 5.49. The summed E-state index contributed by atoms with van der Waals surface area (Å²) in [4.78, 5) is 14.1. The molecule has 0 bridgehead atoms. The van der Waals surface area contributed by atoms with Crippen molar-refractivity contribution < 1.29 is 9.90 Å². The van der Waals surface area contributed by atoms with Crippen LogP contribution in [-0.4, -0.2) is 34.6 Å². The predicted molar refractivity (Wildman–Crippen MR) is 65.4 cm³/mol. The third kappa shape index (κ3) is 1.79. The molecule has 3 fully saturated rings. The summed E-state index contributed by atoms with van der Waals surface area (Å²) in [5.41, 5.74) is -0.222. The van der Waals surface area contributed by atoms with Crippen molar-refractivity contribution in [3.63, 3.8) is 0 Å². The third-order valence-corrected chi connectivity index (χ3v) is 5.49. The van der Waals surface area contributed by atoms with E-state index in [1.54, 1.807) is 0 Å². The van der Waals surface area contributed by atoms with Crippen LogP contribution in [0.5, 0.6) is 0 Å². The largest absolute Gasteiger partial charge is 0.389 e. The number of rotatable bonds is 2. The standard InChI is InChI=1S/C14H23NO2/c1-13(2)10-8-15(9-11(10)13)12(16)7-14(17)5-3-4-6-14/h10-11,17H,3-9H2,1-2H3. The molecule has 96 valence electrons. The van der Waals surface area contributed by atoms with Gasteiger partial charge in [0.2, 0.25) is 5.91 Å². The molecule has 2 atom stereocenters. The molecule has 2 saturated carbocycles. The maximum absolute atomic E-state index is 12.1. The van der Waals surface area contributed by atoms with Gasteiger partial charge in [-0.2, -0.15) is 0 Å². The van der Waals surface area contributed by atoms with Gasteiger partial charge in [0, 0.05) is 13.1 Å². The smallest absolute Gasteiger partial charge is 0.225 e. The Morgan fingerprint density at radius 1 is 1.24 bits per heavy atom. The maximum Gasteiger partial charge on any atom is 0.225 e. The van der Waals surface area contributed by atoms with E-state index < -0.39 is 5.60 Å². The van der Waals surface area contributed by atoms with Crippen molar-refractivity contribution in [1.82, 2.24) is 4.90 Å². The molecular formula is C14H23NO2. The lowest BCUT2D eigenvalue weighted by molar-refractivity contribution is -0.136. The lowest BCUT2D eigenvalue weighted by Gasteiger charge is -2.27. The van der Waals surface area contributed by atoms with Crippen LogP contribution in [0, 0.1) is 17.3 Å². The maximum atomic E-state index is 12.1. The summed E-state index contributed by atoms with van der Waals surface area (Å²) < 4.78 is 0. The van der Waals surface area contributed by atoms with Crippen LogP contribution >= 0.6 is 0 Å². The van der Waals surface area contributed by atoms with Crippen molar-refractivity contribution in [3.05, 3.63) is 0 Å². The number of nitrogens with zero attached hydrogens (tertiary/aromatic N) is 1. The minimum absolute atomic E-state index is 0.178. The molecule has 2 aliphatic carbocycles. The topological polar surface area (TPSA) is 40.5 Å². The minimum Gasteiger partial charge on any atom is -0.389 e. The van der Waals surface area contributed by atoms with E-state index in [1.165, 1.54) is 0 Å². The molecule has 0 aromatic rings.